The maximum absolute atomic E-state index is 14.2. The smallest absolute Gasteiger partial charge is 0.475 e. The monoisotopic (exact) mass is 645 g/mol. The summed E-state index contributed by atoms with van der Waals surface area (Å²) in [6.45, 7) is 2.95. The average molecular weight is 646 g/mol. The van der Waals surface area contributed by atoms with Crippen LogP contribution in [0.2, 0.25) is 0 Å². The number of carboxylic acids is 1. The van der Waals surface area contributed by atoms with Crippen LogP contribution in [0.1, 0.15) is 34.3 Å². The quantitative estimate of drug-likeness (QED) is 0.236. The predicted octanol–water partition coefficient (Wildman–Crippen LogP) is 5.36. The highest BCUT2D eigenvalue weighted by Gasteiger charge is 2.38. The third kappa shape index (κ3) is 7.34. The van der Waals surface area contributed by atoms with Gasteiger partial charge in [-0.05, 0) is 73.8 Å². The molecule has 0 saturated carbocycles. The normalized spacial score (nSPS) is 14.7. The molecule has 0 spiro atoms. The molecule has 6 rings (SSSR count). The lowest BCUT2D eigenvalue weighted by Gasteiger charge is -2.24. The summed E-state index contributed by atoms with van der Waals surface area (Å²) >= 11 is 0. The molecule has 0 amide bonds. The fourth-order valence-corrected chi connectivity index (χ4v) is 5.63. The summed E-state index contributed by atoms with van der Waals surface area (Å²) in [6.07, 6.45) is -1.00. The van der Waals surface area contributed by atoms with Crippen molar-refractivity contribution in [3.05, 3.63) is 100.0 Å². The summed E-state index contributed by atoms with van der Waals surface area (Å²) in [4.78, 5) is 40.3. The van der Waals surface area contributed by atoms with E-state index in [2.05, 4.69) is 16.0 Å². The number of aromatic nitrogens is 3. The Morgan fingerprint density at radius 2 is 1.83 bits per heavy atom. The van der Waals surface area contributed by atoms with Crippen LogP contribution in [0.5, 0.6) is 0 Å². The van der Waals surface area contributed by atoms with E-state index in [1.807, 2.05) is 54.7 Å². The second-order valence-electron chi connectivity index (χ2n) is 11.1. The minimum absolute atomic E-state index is 0.179. The van der Waals surface area contributed by atoms with Gasteiger partial charge in [-0.3, -0.25) is 4.79 Å². The Kier molecular flexibility index (Phi) is 9.72. The number of nitrogens with one attached hydrogen (secondary N) is 1. The number of nitrogens with zero attached hydrogens (tertiary/aromatic N) is 4. The number of hydrogen-bond donors (Lipinski definition) is 2. The van der Waals surface area contributed by atoms with Gasteiger partial charge in [0.2, 0.25) is 0 Å². The number of carbonyl (C=O) groups excluding carboxylic acids is 1. The minimum Gasteiger partial charge on any atom is -0.475 e. The fraction of sp³-hybridized carbons (Fsp3) is 0.265. The van der Waals surface area contributed by atoms with Gasteiger partial charge in [0.15, 0.2) is 0 Å². The van der Waals surface area contributed by atoms with Gasteiger partial charge >= 0.3 is 18.1 Å². The van der Waals surface area contributed by atoms with Crippen molar-refractivity contribution in [1.29, 1.82) is 5.26 Å². The van der Waals surface area contributed by atoms with E-state index in [9.17, 15) is 22.8 Å². The van der Waals surface area contributed by atoms with Gasteiger partial charge in [-0.15, -0.1) is 0 Å². The highest BCUT2D eigenvalue weighted by molar-refractivity contribution is 5.97. The zero-order valence-electron chi connectivity index (χ0n) is 25.3. The van der Waals surface area contributed by atoms with Crippen LogP contribution in [0.3, 0.4) is 0 Å². The Bertz CT molecular complexity index is 2040. The summed E-state index contributed by atoms with van der Waals surface area (Å²) < 4.78 is 40.6. The Morgan fingerprint density at radius 3 is 2.47 bits per heavy atom. The fourth-order valence-electron chi connectivity index (χ4n) is 5.63. The molecule has 1 atom stereocenters. The van der Waals surface area contributed by atoms with E-state index in [1.54, 1.807) is 22.8 Å². The molecule has 1 aliphatic heterocycles. The van der Waals surface area contributed by atoms with Gasteiger partial charge in [-0.1, -0.05) is 30.3 Å². The first-order chi connectivity index (χ1) is 22.5. The van der Waals surface area contributed by atoms with Gasteiger partial charge < -0.3 is 24.3 Å². The number of alkyl halides is 3. The van der Waals surface area contributed by atoms with Crippen molar-refractivity contribution < 1.29 is 32.6 Å². The summed E-state index contributed by atoms with van der Waals surface area (Å²) in [5, 5.41) is 20.7. The number of rotatable bonds is 6. The van der Waals surface area contributed by atoms with E-state index in [0.717, 1.165) is 48.0 Å². The molecule has 0 aliphatic carbocycles. The number of methoxy groups -OCH3 is 1. The van der Waals surface area contributed by atoms with Crippen molar-refractivity contribution in [2.75, 3.05) is 20.2 Å². The van der Waals surface area contributed by atoms with Crippen LogP contribution in [0.25, 0.3) is 33.2 Å². The molecule has 1 unspecified atom stereocenters. The number of nitriles is 1. The molecule has 5 aromatic rings. The van der Waals surface area contributed by atoms with Gasteiger partial charge in [0.25, 0.3) is 5.56 Å². The van der Waals surface area contributed by atoms with Gasteiger partial charge in [-0.25, -0.2) is 14.6 Å². The molecule has 242 valence electrons. The third-order valence-electron chi connectivity index (χ3n) is 7.93. The number of hydrogen-bond acceptors (Lipinski definition) is 7. The molecule has 1 aliphatic rings. The predicted molar refractivity (Wildman–Crippen MR) is 168 cm³/mol. The van der Waals surface area contributed by atoms with Crippen molar-refractivity contribution in [3.8, 4) is 17.3 Å². The van der Waals surface area contributed by atoms with Crippen molar-refractivity contribution in [2.24, 2.45) is 5.92 Å². The van der Waals surface area contributed by atoms with Gasteiger partial charge in [0.05, 0.1) is 35.3 Å². The van der Waals surface area contributed by atoms with E-state index in [4.69, 9.17) is 24.9 Å². The van der Waals surface area contributed by atoms with Crippen LogP contribution < -0.4 is 10.9 Å². The van der Waals surface area contributed by atoms with Crippen LogP contribution >= 0.6 is 0 Å². The molecule has 0 radical (unpaired) electrons. The number of carboxylic acid groups (broad SMARTS) is 1. The lowest BCUT2D eigenvalue weighted by atomic mass is 9.99. The second kappa shape index (κ2) is 13.9. The summed E-state index contributed by atoms with van der Waals surface area (Å²) in [7, 11) is 1.35. The number of esters is 1. The van der Waals surface area contributed by atoms with E-state index in [1.165, 1.54) is 7.11 Å². The summed E-state index contributed by atoms with van der Waals surface area (Å²) in [5.41, 5.74) is 5.30. The van der Waals surface area contributed by atoms with Gasteiger partial charge in [-0.2, -0.15) is 18.4 Å². The van der Waals surface area contributed by atoms with E-state index in [0.29, 0.717) is 46.9 Å². The zero-order valence-corrected chi connectivity index (χ0v) is 25.3. The standard InChI is InChI=1S/C32H29N5O3.C2HF3O2/c1-40-32(39)24-12-13-27-29(15-24)37(19-23-5-4-14-34-17-23)31(38)30(35-27)26-20-36(28-7-3-2-6-25(26)28)18-22-10-8-21(16-33)9-11-22;3-2(4,5)1(6)7/h2-3,6-13,15,20,23,34H,4-5,14,17-19H2,1H3;(H,6,7). The van der Waals surface area contributed by atoms with Crippen LogP contribution in [0, 0.1) is 17.2 Å². The van der Waals surface area contributed by atoms with Crippen LogP contribution in [-0.4, -0.2) is 57.5 Å². The van der Waals surface area contributed by atoms with Crippen molar-refractivity contribution >= 4 is 33.9 Å². The molecule has 13 heteroatoms. The maximum Gasteiger partial charge on any atom is 0.490 e. The first-order valence-corrected chi connectivity index (χ1v) is 14.7. The summed E-state index contributed by atoms with van der Waals surface area (Å²) in [5.74, 6) is -2.91. The van der Waals surface area contributed by atoms with Crippen LogP contribution in [0.4, 0.5) is 13.2 Å². The Morgan fingerprint density at radius 1 is 1.11 bits per heavy atom. The highest BCUT2D eigenvalue weighted by Crippen LogP contribution is 2.30. The highest BCUT2D eigenvalue weighted by atomic mass is 19.4. The number of halogens is 3. The van der Waals surface area contributed by atoms with E-state index < -0.39 is 18.1 Å². The van der Waals surface area contributed by atoms with Gasteiger partial charge in [0.1, 0.15) is 5.69 Å². The van der Waals surface area contributed by atoms with Crippen LogP contribution in [0.15, 0.2) is 77.7 Å². The van der Waals surface area contributed by atoms with Gasteiger partial charge in [0, 0.05) is 35.8 Å². The lowest BCUT2D eigenvalue weighted by molar-refractivity contribution is -0.192. The lowest BCUT2D eigenvalue weighted by Crippen LogP contribution is -2.35. The maximum atomic E-state index is 14.2. The first kappa shape index (κ1) is 32.9. The number of benzene rings is 3. The average Bonchev–Trinajstić information content (AvgIpc) is 3.43. The zero-order chi connectivity index (χ0) is 33.7. The first-order valence-electron chi connectivity index (χ1n) is 14.7. The Labute approximate surface area is 266 Å². The number of carbonyl (C=O) groups is 2. The number of aliphatic carboxylic acids is 1. The van der Waals surface area contributed by atoms with E-state index in [-0.39, 0.29) is 5.56 Å². The van der Waals surface area contributed by atoms with E-state index >= 15 is 0 Å². The number of para-hydroxylation sites is 1. The number of ether oxygens (including phenoxy) is 1. The molecular formula is C34H30F3N5O5. The molecule has 2 N–H and O–H groups in total. The molecule has 0 bridgehead atoms. The molecular weight excluding hydrogens is 615 g/mol. The molecule has 3 aromatic carbocycles. The second-order valence-corrected chi connectivity index (χ2v) is 11.1. The number of piperidine rings is 1. The molecule has 10 nitrogen and oxygen atoms in total. The number of fused-ring (bicyclic) bond motifs is 2. The molecule has 3 heterocycles. The Balaban J connectivity index is 0.000000559. The van der Waals surface area contributed by atoms with Crippen molar-refractivity contribution in [1.82, 2.24) is 19.4 Å². The molecule has 1 fully saturated rings. The minimum atomic E-state index is -5.08. The van der Waals surface area contributed by atoms with Crippen molar-refractivity contribution in [3.63, 3.8) is 0 Å². The molecule has 2 aromatic heterocycles. The Hall–Kier alpha value is -5.48. The van der Waals surface area contributed by atoms with Crippen LogP contribution in [-0.2, 0) is 22.6 Å². The molecule has 1 saturated heterocycles. The SMILES string of the molecule is COC(=O)c1ccc2nc(-c3cn(Cc4ccc(C#N)cc4)c4ccccc34)c(=O)n(CC3CCCNC3)c2c1.O=C(O)C(F)(F)F. The topological polar surface area (TPSA) is 139 Å². The third-order valence-corrected chi connectivity index (χ3v) is 7.93. The summed E-state index contributed by atoms with van der Waals surface area (Å²) in [6, 6.07) is 22.9. The molecule has 47 heavy (non-hydrogen) atoms. The van der Waals surface area contributed by atoms with Crippen molar-refractivity contribution in [2.45, 2.75) is 32.1 Å². The largest absolute Gasteiger partial charge is 0.490 e.